The zero-order valence-electron chi connectivity index (χ0n) is 22.8. The second-order valence-electron chi connectivity index (χ2n) is 10.7. The Hall–Kier alpha value is -3.02. The number of carbonyl (C=O) groups excluding carboxylic acids is 3. The van der Waals surface area contributed by atoms with E-state index in [0.717, 1.165) is 25.0 Å². The number of imide groups is 1. The number of nitrogens with one attached hydrogen (secondary N) is 1. The number of nitrogens with zero attached hydrogens (tertiary/aromatic N) is 2. The van der Waals surface area contributed by atoms with Crippen molar-refractivity contribution < 1.29 is 14.4 Å². The quantitative estimate of drug-likeness (QED) is 0.201. The van der Waals surface area contributed by atoms with E-state index >= 15 is 0 Å². The van der Waals surface area contributed by atoms with Crippen LogP contribution in [0.2, 0.25) is 0 Å². The van der Waals surface area contributed by atoms with Crippen LogP contribution in [0.4, 0.5) is 0 Å². The van der Waals surface area contributed by atoms with Crippen LogP contribution in [0.5, 0.6) is 0 Å². The molecule has 0 saturated carbocycles. The van der Waals surface area contributed by atoms with Crippen LogP contribution in [-0.4, -0.2) is 33.6 Å². The predicted octanol–water partition coefficient (Wildman–Crippen LogP) is 6.80. The summed E-state index contributed by atoms with van der Waals surface area (Å²) < 4.78 is 0. The monoisotopic (exact) mass is 505 g/mol. The highest BCUT2D eigenvalue weighted by molar-refractivity contribution is 6.22. The van der Waals surface area contributed by atoms with Crippen LogP contribution in [0.1, 0.15) is 124 Å². The van der Waals surface area contributed by atoms with E-state index in [0.29, 0.717) is 17.5 Å². The number of rotatable bonds is 16. The second-order valence-corrected chi connectivity index (χ2v) is 10.7. The van der Waals surface area contributed by atoms with Crippen LogP contribution in [0, 0.1) is 0 Å². The molecule has 2 aromatic rings. The molecule has 0 aliphatic carbocycles. The number of fused-ring (bicyclic) bond motifs is 1. The van der Waals surface area contributed by atoms with Crippen LogP contribution >= 0.6 is 0 Å². The topological polar surface area (TPSA) is 79.4 Å². The first-order valence-electron chi connectivity index (χ1n) is 14.1. The van der Waals surface area contributed by atoms with Crippen LogP contribution in [0.3, 0.4) is 0 Å². The van der Waals surface area contributed by atoms with Crippen molar-refractivity contribution in [3.63, 3.8) is 0 Å². The first-order chi connectivity index (χ1) is 17.9. The van der Waals surface area contributed by atoms with E-state index in [1.807, 2.05) is 32.0 Å². The van der Waals surface area contributed by atoms with Gasteiger partial charge in [-0.2, -0.15) is 0 Å². The van der Waals surface area contributed by atoms with E-state index in [1.165, 1.54) is 56.3 Å². The maximum absolute atomic E-state index is 13.6. The standard InChI is InChI=1S/C31H43N3O3/c1-4-5-6-7-8-9-10-11-12-13-14-21-26(28(35)33-31(2,3)27-22-17-18-23-32-27)34-29(36)24-19-15-16-20-25(24)30(34)37/h15-20,22-23,26H,4-14,21H2,1-3H3,(H,33,35)/t26-/m0/s1. The number of hydrogen-bond acceptors (Lipinski definition) is 4. The fourth-order valence-electron chi connectivity index (χ4n) is 5.06. The minimum atomic E-state index is -0.853. The Balaban J connectivity index is 1.60. The smallest absolute Gasteiger partial charge is 0.262 e. The number of hydrogen-bond donors (Lipinski definition) is 1. The molecule has 6 heteroatoms. The van der Waals surface area contributed by atoms with E-state index in [2.05, 4.69) is 17.2 Å². The van der Waals surface area contributed by atoms with Crippen molar-refractivity contribution in [2.24, 2.45) is 0 Å². The van der Waals surface area contributed by atoms with Gasteiger partial charge in [0.05, 0.1) is 22.4 Å². The average molecular weight is 506 g/mol. The number of carbonyl (C=O) groups is 3. The van der Waals surface area contributed by atoms with E-state index in [1.54, 1.807) is 30.5 Å². The summed E-state index contributed by atoms with van der Waals surface area (Å²) in [5.41, 5.74) is 0.715. The SMILES string of the molecule is CCCCCCCCCCCCC[C@@H](C(=O)NC(C)(C)c1ccccn1)N1C(=O)c2ccccc2C1=O. The number of unbranched alkanes of at least 4 members (excludes halogenated alkanes) is 10. The van der Waals surface area contributed by atoms with Gasteiger partial charge in [-0.3, -0.25) is 24.3 Å². The Morgan fingerprint density at radius 3 is 1.84 bits per heavy atom. The molecular weight excluding hydrogens is 462 g/mol. The molecule has 0 unspecified atom stereocenters. The van der Waals surface area contributed by atoms with Crippen molar-refractivity contribution in [2.45, 2.75) is 109 Å². The summed E-state index contributed by atoms with van der Waals surface area (Å²) in [5.74, 6) is -1.10. The molecule has 3 amide bonds. The van der Waals surface area contributed by atoms with Gasteiger partial charge in [0.15, 0.2) is 0 Å². The third kappa shape index (κ3) is 7.73. The van der Waals surface area contributed by atoms with Crippen LogP contribution in [0.15, 0.2) is 48.7 Å². The van der Waals surface area contributed by atoms with Gasteiger partial charge in [0, 0.05) is 6.20 Å². The lowest BCUT2D eigenvalue weighted by Crippen LogP contribution is -2.53. The highest BCUT2D eigenvalue weighted by Gasteiger charge is 2.43. The first kappa shape index (κ1) is 28.5. The molecule has 0 bridgehead atoms. The molecule has 200 valence electrons. The molecule has 0 radical (unpaired) electrons. The number of aromatic nitrogens is 1. The van der Waals surface area contributed by atoms with Crippen molar-refractivity contribution >= 4 is 17.7 Å². The van der Waals surface area contributed by atoms with E-state index in [9.17, 15) is 14.4 Å². The zero-order valence-corrected chi connectivity index (χ0v) is 22.8. The first-order valence-corrected chi connectivity index (χ1v) is 14.1. The molecule has 2 heterocycles. The number of amides is 3. The lowest BCUT2D eigenvalue weighted by molar-refractivity contribution is -0.127. The lowest BCUT2D eigenvalue weighted by atomic mass is 9.97. The fraction of sp³-hybridized carbons (Fsp3) is 0.548. The molecule has 1 aromatic carbocycles. The van der Waals surface area contributed by atoms with Gasteiger partial charge < -0.3 is 5.32 Å². The van der Waals surface area contributed by atoms with Crippen molar-refractivity contribution in [3.8, 4) is 0 Å². The summed E-state index contributed by atoms with van der Waals surface area (Å²) in [6.07, 6.45) is 15.3. The highest BCUT2D eigenvalue weighted by atomic mass is 16.2. The maximum atomic E-state index is 13.6. The minimum Gasteiger partial charge on any atom is -0.344 e. The third-order valence-corrected chi connectivity index (χ3v) is 7.26. The van der Waals surface area contributed by atoms with E-state index in [-0.39, 0.29) is 17.7 Å². The summed E-state index contributed by atoms with van der Waals surface area (Å²) in [7, 11) is 0. The molecular formula is C31H43N3O3. The van der Waals surface area contributed by atoms with Crippen molar-refractivity contribution in [2.75, 3.05) is 0 Å². The molecule has 3 rings (SSSR count). The summed E-state index contributed by atoms with van der Waals surface area (Å²) in [4.78, 5) is 45.6. The van der Waals surface area contributed by atoms with Crippen molar-refractivity contribution in [1.82, 2.24) is 15.2 Å². The van der Waals surface area contributed by atoms with Crippen LogP contribution in [0.25, 0.3) is 0 Å². The predicted molar refractivity (Wildman–Crippen MR) is 147 cm³/mol. The highest BCUT2D eigenvalue weighted by Crippen LogP contribution is 2.28. The van der Waals surface area contributed by atoms with Crippen molar-refractivity contribution in [1.29, 1.82) is 0 Å². The summed E-state index contributed by atoms with van der Waals surface area (Å²) >= 11 is 0. The molecule has 1 aliphatic heterocycles. The molecule has 0 fully saturated rings. The Labute approximate surface area is 222 Å². The van der Waals surface area contributed by atoms with E-state index in [4.69, 9.17) is 0 Å². The third-order valence-electron chi connectivity index (χ3n) is 7.26. The molecule has 1 aliphatic rings. The largest absolute Gasteiger partial charge is 0.344 e. The normalized spacial score (nSPS) is 14.1. The fourth-order valence-corrected chi connectivity index (χ4v) is 5.06. The molecule has 1 N–H and O–H groups in total. The number of pyridine rings is 1. The van der Waals surface area contributed by atoms with Crippen LogP contribution < -0.4 is 5.32 Å². The molecule has 37 heavy (non-hydrogen) atoms. The van der Waals surface area contributed by atoms with E-state index < -0.39 is 11.6 Å². The average Bonchev–Trinajstić information content (AvgIpc) is 3.15. The van der Waals surface area contributed by atoms with Gasteiger partial charge in [-0.25, -0.2) is 0 Å². The summed E-state index contributed by atoms with van der Waals surface area (Å²) in [5, 5.41) is 3.06. The van der Waals surface area contributed by atoms with Gasteiger partial charge in [-0.1, -0.05) is 95.8 Å². The number of benzene rings is 1. The van der Waals surface area contributed by atoms with Gasteiger partial charge in [-0.15, -0.1) is 0 Å². The molecule has 1 atom stereocenters. The van der Waals surface area contributed by atoms with Gasteiger partial charge >= 0.3 is 0 Å². The van der Waals surface area contributed by atoms with Gasteiger partial charge in [-0.05, 0) is 44.5 Å². The van der Waals surface area contributed by atoms with Gasteiger partial charge in [0.25, 0.3) is 11.8 Å². The van der Waals surface area contributed by atoms with Crippen LogP contribution in [-0.2, 0) is 10.3 Å². The maximum Gasteiger partial charge on any atom is 0.262 e. The summed E-state index contributed by atoms with van der Waals surface area (Å²) in [6, 6.07) is 11.5. The Morgan fingerprint density at radius 1 is 0.811 bits per heavy atom. The minimum absolute atomic E-state index is 0.322. The molecule has 1 aromatic heterocycles. The van der Waals surface area contributed by atoms with Crippen molar-refractivity contribution in [3.05, 3.63) is 65.5 Å². The molecule has 6 nitrogen and oxygen atoms in total. The van der Waals surface area contributed by atoms with Gasteiger partial charge in [0.1, 0.15) is 6.04 Å². The lowest BCUT2D eigenvalue weighted by Gasteiger charge is -2.31. The Bertz CT molecular complexity index is 1000. The molecule has 0 saturated heterocycles. The second kappa shape index (κ2) is 14.1. The Kier molecular flexibility index (Phi) is 10.8. The summed E-state index contributed by atoms with van der Waals surface area (Å²) in [6.45, 7) is 6.01. The van der Waals surface area contributed by atoms with Gasteiger partial charge in [0.2, 0.25) is 5.91 Å². The molecule has 0 spiro atoms. The Morgan fingerprint density at radius 2 is 1.32 bits per heavy atom. The zero-order chi connectivity index (χ0) is 26.7.